The van der Waals surface area contributed by atoms with Crippen molar-refractivity contribution in [1.29, 1.82) is 0 Å². The Bertz CT molecular complexity index is 199. The quantitative estimate of drug-likeness (QED) is 0.509. The minimum Gasteiger partial charge on any atom is -0.147 e. The second-order valence-corrected chi connectivity index (χ2v) is 3.65. The zero-order valence-electron chi connectivity index (χ0n) is 6.81. The molecule has 0 N–H and O–H groups in total. The first kappa shape index (κ1) is 7.93. The minimum atomic E-state index is 0.633. The van der Waals surface area contributed by atoms with Gasteiger partial charge in [0.05, 0.1) is 0 Å². The van der Waals surface area contributed by atoms with Crippen LogP contribution in [0.2, 0.25) is 0 Å². The molecule has 0 aromatic heterocycles. The molecule has 0 amide bonds. The molecule has 10 heavy (non-hydrogen) atoms. The van der Waals surface area contributed by atoms with Gasteiger partial charge in [-0.1, -0.05) is 18.6 Å². The molecule has 1 atom stereocenters. The van der Waals surface area contributed by atoms with Crippen LogP contribution in [0.5, 0.6) is 0 Å². The maximum absolute atomic E-state index is 4.43. The monoisotopic (exact) mass is 154 g/mol. The SMILES string of the molecule is CC1=CC(C)=C(S)C(C)C1. The van der Waals surface area contributed by atoms with Crippen molar-refractivity contribution in [2.75, 3.05) is 0 Å². The third-order valence-corrected chi connectivity index (χ3v) is 2.76. The average Bonchev–Trinajstić information content (AvgIpc) is 1.82. The largest absolute Gasteiger partial charge is 0.147 e. The van der Waals surface area contributed by atoms with Crippen molar-refractivity contribution in [2.24, 2.45) is 5.92 Å². The Morgan fingerprint density at radius 1 is 1.50 bits per heavy atom. The van der Waals surface area contributed by atoms with Crippen molar-refractivity contribution < 1.29 is 0 Å². The number of hydrogen-bond acceptors (Lipinski definition) is 1. The van der Waals surface area contributed by atoms with E-state index in [4.69, 9.17) is 0 Å². The lowest BCUT2D eigenvalue weighted by molar-refractivity contribution is 0.689. The van der Waals surface area contributed by atoms with E-state index >= 15 is 0 Å². The first-order valence-corrected chi connectivity index (χ1v) is 4.13. The molecule has 1 aliphatic carbocycles. The summed E-state index contributed by atoms with van der Waals surface area (Å²) >= 11 is 4.43. The van der Waals surface area contributed by atoms with Gasteiger partial charge >= 0.3 is 0 Å². The third-order valence-electron chi connectivity index (χ3n) is 1.96. The maximum atomic E-state index is 4.43. The van der Waals surface area contributed by atoms with E-state index in [9.17, 15) is 0 Å². The Morgan fingerprint density at radius 3 is 2.60 bits per heavy atom. The summed E-state index contributed by atoms with van der Waals surface area (Å²) in [5.41, 5.74) is 2.81. The summed E-state index contributed by atoms with van der Waals surface area (Å²) in [4.78, 5) is 1.26. The zero-order chi connectivity index (χ0) is 7.72. The van der Waals surface area contributed by atoms with Crippen LogP contribution in [0, 0.1) is 5.92 Å². The van der Waals surface area contributed by atoms with Crippen LogP contribution in [0.15, 0.2) is 22.1 Å². The second kappa shape index (κ2) is 2.83. The average molecular weight is 154 g/mol. The van der Waals surface area contributed by atoms with Gasteiger partial charge in [-0.05, 0) is 36.7 Å². The molecule has 1 rings (SSSR count). The van der Waals surface area contributed by atoms with E-state index in [0.29, 0.717) is 5.92 Å². The van der Waals surface area contributed by atoms with Crippen LogP contribution in [0.3, 0.4) is 0 Å². The zero-order valence-corrected chi connectivity index (χ0v) is 7.70. The summed E-state index contributed by atoms with van der Waals surface area (Å²) in [7, 11) is 0. The van der Waals surface area contributed by atoms with E-state index in [0.717, 1.165) is 0 Å². The normalized spacial score (nSPS) is 26.8. The molecule has 0 nitrogen and oxygen atoms in total. The lowest BCUT2D eigenvalue weighted by Crippen LogP contribution is -2.02. The molecule has 56 valence electrons. The number of allylic oxidation sites excluding steroid dienone is 4. The predicted molar refractivity (Wildman–Crippen MR) is 49.2 cm³/mol. The lowest BCUT2D eigenvalue weighted by Gasteiger charge is -2.19. The fraction of sp³-hybridized carbons (Fsp3) is 0.556. The van der Waals surface area contributed by atoms with Crippen molar-refractivity contribution in [3.05, 3.63) is 22.1 Å². The van der Waals surface area contributed by atoms with Crippen LogP contribution < -0.4 is 0 Å². The molecule has 0 spiro atoms. The number of thiol groups is 1. The maximum Gasteiger partial charge on any atom is -0.00930 e. The van der Waals surface area contributed by atoms with Gasteiger partial charge in [0.25, 0.3) is 0 Å². The predicted octanol–water partition coefficient (Wildman–Crippen LogP) is 3.18. The van der Waals surface area contributed by atoms with Crippen LogP contribution in [0.4, 0.5) is 0 Å². The summed E-state index contributed by atoms with van der Waals surface area (Å²) in [5.74, 6) is 0.633. The smallest absolute Gasteiger partial charge is 0.00930 e. The molecule has 0 saturated heterocycles. The molecule has 0 saturated carbocycles. The van der Waals surface area contributed by atoms with Gasteiger partial charge in [-0.15, -0.1) is 12.6 Å². The van der Waals surface area contributed by atoms with Crippen molar-refractivity contribution in [2.45, 2.75) is 27.2 Å². The van der Waals surface area contributed by atoms with E-state index in [1.807, 2.05) is 0 Å². The molecular weight excluding hydrogens is 140 g/mol. The molecule has 0 fully saturated rings. The van der Waals surface area contributed by atoms with E-state index in [1.54, 1.807) is 0 Å². The fourth-order valence-corrected chi connectivity index (χ4v) is 1.63. The molecule has 0 bridgehead atoms. The summed E-state index contributed by atoms with van der Waals surface area (Å²) in [6.45, 7) is 6.53. The van der Waals surface area contributed by atoms with Crippen molar-refractivity contribution in [1.82, 2.24) is 0 Å². The highest BCUT2D eigenvalue weighted by Gasteiger charge is 2.12. The lowest BCUT2D eigenvalue weighted by atomic mass is 9.93. The highest BCUT2D eigenvalue weighted by molar-refractivity contribution is 7.84. The first-order valence-electron chi connectivity index (χ1n) is 3.68. The van der Waals surface area contributed by atoms with Gasteiger partial charge in [0.1, 0.15) is 0 Å². The van der Waals surface area contributed by atoms with Gasteiger partial charge in [0.2, 0.25) is 0 Å². The van der Waals surface area contributed by atoms with Gasteiger partial charge in [0.15, 0.2) is 0 Å². The Kier molecular flexibility index (Phi) is 2.24. The van der Waals surface area contributed by atoms with Crippen LogP contribution in [0.1, 0.15) is 27.2 Å². The molecule has 0 aliphatic heterocycles. The van der Waals surface area contributed by atoms with Crippen LogP contribution >= 0.6 is 12.6 Å². The van der Waals surface area contributed by atoms with Gasteiger partial charge in [-0.25, -0.2) is 0 Å². The van der Waals surface area contributed by atoms with E-state index in [2.05, 4.69) is 39.5 Å². The molecule has 0 radical (unpaired) electrons. The Morgan fingerprint density at radius 2 is 2.10 bits per heavy atom. The van der Waals surface area contributed by atoms with Crippen molar-refractivity contribution in [3.8, 4) is 0 Å². The van der Waals surface area contributed by atoms with E-state index < -0.39 is 0 Å². The highest BCUT2D eigenvalue weighted by Crippen LogP contribution is 2.30. The molecule has 0 aromatic rings. The summed E-state index contributed by atoms with van der Waals surface area (Å²) in [6, 6.07) is 0. The Hall–Kier alpha value is -0.170. The highest BCUT2D eigenvalue weighted by atomic mass is 32.1. The van der Waals surface area contributed by atoms with Gasteiger partial charge in [-0.2, -0.15) is 0 Å². The number of rotatable bonds is 0. The van der Waals surface area contributed by atoms with Gasteiger partial charge < -0.3 is 0 Å². The van der Waals surface area contributed by atoms with E-state index in [1.165, 1.54) is 22.5 Å². The van der Waals surface area contributed by atoms with Crippen LogP contribution in [-0.4, -0.2) is 0 Å². The molecule has 0 aromatic carbocycles. The summed E-state index contributed by atoms with van der Waals surface area (Å²) in [5, 5.41) is 0. The molecule has 1 heteroatoms. The van der Waals surface area contributed by atoms with Gasteiger partial charge in [0, 0.05) is 0 Å². The first-order chi connectivity index (χ1) is 4.61. The molecular formula is C9H14S. The molecule has 1 aliphatic rings. The Labute approximate surface area is 68.4 Å². The fourth-order valence-electron chi connectivity index (χ4n) is 1.47. The van der Waals surface area contributed by atoms with Gasteiger partial charge in [-0.3, -0.25) is 0 Å². The van der Waals surface area contributed by atoms with Crippen molar-refractivity contribution >= 4 is 12.6 Å². The Balaban J connectivity index is 2.92. The molecule has 1 unspecified atom stereocenters. The standard InChI is InChI=1S/C9H14S/c1-6-4-7(2)9(10)8(3)5-6/h4,8,10H,5H2,1-3H3. The van der Waals surface area contributed by atoms with Crippen LogP contribution in [0.25, 0.3) is 0 Å². The van der Waals surface area contributed by atoms with E-state index in [-0.39, 0.29) is 0 Å². The summed E-state index contributed by atoms with van der Waals surface area (Å²) in [6.07, 6.45) is 3.40. The topological polar surface area (TPSA) is 0 Å². The van der Waals surface area contributed by atoms with Crippen molar-refractivity contribution in [3.63, 3.8) is 0 Å². The summed E-state index contributed by atoms with van der Waals surface area (Å²) < 4.78 is 0. The van der Waals surface area contributed by atoms with Crippen LogP contribution in [-0.2, 0) is 0 Å². The number of hydrogen-bond donors (Lipinski definition) is 1. The molecule has 0 heterocycles. The third kappa shape index (κ3) is 1.46. The minimum absolute atomic E-state index is 0.633. The second-order valence-electron chi connectivity index (χ2n) is 3.16.